The van der Waals surface area contributed by atoms with Gasteiger partial charge < -0.3 is 0 Å². The lowest BCUT2D eigenvalue weighted by molar-refractivity contribution is 0.487. The number of hydrogen-bond donors (Lipinski definition) is 0. The Hall–Kier alpha value is -0.260. The first-order valence-corrected chi connectivity index (χ1v) is 4.02. The van der Waals surface area contributed by atoms with E-state index in [1.165, 1.54) is 19.3 Å². The van der Waals surface area contributed by atoms with Crippen molar-refractivity contribution < 1.29 is 0 Å². The summed E-state index contributed by atoms with van der Waals surface area (Å²) in [5.74, 6) is 3.31. The monoisotopic (exact) mass is 122 g/mol. The van der Waals surface area contributed by atoms with E-state index in [4.69, 9.17) is 0 Å². The van der Waals surface area contributed by atoms with Crippen LogP contribution in [-0.2, 0) is 0 Å². The van der Waals surface area contributed by atoms with Gasteiger partial charge in [-0.2, -0.15) is 0 Å². The van der Waals surface area contributed by atoms with Crippen molar-refractivity contribution in [3.05, 3.63) is 12.7 Å². The molecule has 0 nitrogen and oxygen atoms in total. The molecule has 2 aliphatic rings. The third-order valence-corrected chi connectivity index (χ3v) is 2.96. The molecule has 0 aromatic carbocycles. The lowest BCUT2D eigenvalue weighted by atomic mass is 10.00. The van der Waals surface area contributed by atoms with E-state index in [1.807, 2.05) is 0 Å². The summed E-state index contributed by atoms with van der Waals surface area (Å²) in [5, 5.41) is 0. The Kier molecular flexibility index (Phi) is 1.14. The second kappa shape index (κ2) is 1.86. The van der Waals surface area contributed by atoms with E-state index in [0.717, 1.165) is 17.8 Å². The Balaban J connectivity index is 1.90. The van der Waals surface area contributed by atoms with Gasteiger partial charge in [-0.1, -0.05) is 6.08 Å². The molecule has 0 unspecified atom stereocenters. The van der Waals surface area contributed by atoms with Gasteiger partial charge in [0.25, 0.3) is 0 Å². The molecule has 2 saturated carbocycles. The topological polar surface area (TPSA) is 0 Å². The second-order valence-electron chi connectivity index (χ2n) is 3.52. The predicted molar refractivity (Wildman–Crippen MR) is 39.1 cm³/mol. The SMILES string of the molecule is C=CC[C@H]1CC[C@H]2C[C@H]12. The van der Waals surface area contributed by atoms with E-state index in [2.05, 4.69) is 12.7 Å². The third kappa shape index (κ3) is 0.810. The van der Waals surface area contributed by atoms with Crippen molar-refractivity contribution in [2.45, 2.75) is 25.7 Å². The van der Waals surface area contributed by atoms with E-state index < -0.39 is 0 Å². The maximum atomic E-state index is 3.78. The molecule has 0 amide bonds. The highest BCUT2D eigenvalue weighted by atomic mass is 14.5. The largest absolute Gasteiger partial charge is 0.103 e. The van der Waals surface area contributed by atoms with Crippen LogP contribution in [0.3, 0.4) is 0 Å². The molecule has 0 heteroatoms. The minimum atomic E-state index is 1.03. The highest BCUT2D eigenvalue weighted by molar-refractivity contribution is 4.99. The number of fused-ring (bicyclic) bond motifs is 1. The molecule has 2 aliphatic carbocycles. The molecule has 2 fully saturated rings. The van der Waals surface area contributed by atoms with Crippen LogP contribution in [0.2, 0.25) is 0 Å². The van der Waals surface area contributed by atoms with Crippen LogP contribution in [0.4, 0.5) is 0 Å². The van der Waals surface area contributed by atoms with Gasteiger partial charge in [0.15, 0.2) is 0 Å². The van der Waals surface area contributed by atoms with Gasteiger partial charge in [0.05, 0.1) is 0 Å². The van der Waals surface area contributed by atoms with Gasteiger partial charge >= 0.3 is 0 Å². The molecular weight excluding hydrogens is 108 g/mol. The van der Waals surface area contributed by atoms with Crippen LogP contribution in [0.15, 0.2) is 12.7 Å². The molecule has 2 rings (SSSR count). The molecule has 0 aromatic heterocycles. The van der Waals surface area contributed by atoms with E-state index in [1.54, 1.807) is 6.42 Å². The first kappa shape index (κ1) is 5.52. The van der Waals surface area contributed by atoms with Gasteiger partial charge in [0, 0.05) is 0 Å². The minimum absolute atomic E-state index is 1.03. The molecule has 3 atom stereocenters. The van der Waals surface area contributed by atoms with Crippen LogP contribution in [0.5, 0.6) is 0 Å². The minimum Gasteiger partial charge on any atom is -0.103 e. The standard InChI is InChI=1S/C9H14/c1-2-3-7-4-5-8-6-9(7)8/h2,7-9H,1,3-6H2/t7-,8-,9+/m0/s1. The highest BCUT2D eigenvalue weighted by Crippen LogP contribution is 2.56. The van der Waals surface area contributed by atoms with E-state index in [0.29, 0.717) is 0 Å². The molecule has 0 aliphatic heterocycles. The first-order valence-electron chi connectivity index (χ1n) is 4.02. The van der Waals surface area contributed by atoms with Crippen molar-refractivity contribution in [2.24, 2.45) is 17.8 Å². The van der Waals surface area contributed by atoms with Gasteiger partial charge in [-0.3, -0.25) is 0 Å². The predicted octanol–water partition coefficient (Wildman–Crippen LogP) is 2.61. The van der Waals surface area contributed by atoms with Gasteiger partial charge in [-0.15, -0.1) is 6.58 Å². The zero-order chi connectivity index (χ0) is 6.27. The molecule has 0 saturated heterocycles. The van der Waals surface area contributed by atoms with Crippen molar-refractivity contribution in [2.75, 3.05) is 0 Å². The fraction of sp³-hybridized carbons (Fsp3) is 0.778. The molecule has 0 heterocycles. The molecule has 0 spiro atoms. The van der Waals surface area contributed by atoms with Crippen LogP contribution in [0, 0.1) is 17.8 Å². The van der Waals surface area contributed by atoms with Crippen molar-refractivity contribution in [3.63, 3.8) is 0 Å². The Labute approximate surface area is 57.0 Å². The normalized spacial score (nSPS) is 46.4. The van der Waals surface area contributed by atoms with E-state index >= 15 is 0 Å². The summed E-state index contributed by atoms with van der Waals surface area (Å²) < 4.78 is 0. The lowest BCUT2D eigenvalue weighted by Gasteiger charge is -2.05. The number of allylic oxidation sites excluding steroid dienone is 1. The van der Waals surface area contributed by atoms with E-state index in [-0.39, 0.29) is 0 Å². The Morgan fingerprint density at radius 1 is 1.44 bits per heavy atom. The van der Waals surface area contributed by atoms with Crippen molar-refractivity contribution in [1.29, 1.82) is 0 Å². The Morgan fingerprint density at radius 3 is 2.78 bits per heavy atom. The van der Waals surface area contributed by atoms with Gasteiger partial charge in [-0.05, 0) is 43.4 Å². The fourth-order valence-corrected chi connectivity index (χ4v) is 2.33. The summed E-state index contributed by atoms with van der Waals surface area (Å²) in [6, 6.07) is 0. The first-order chi connectivity index (χ1) is 4.42. The summed E-state index contributed by atoms with van der Waals surface area (Å²) in [5.41, 5.74) is 0. The Morgan fingerprint density at radius 2 is 2.33 bits per heavy atom. The Bertz CT molecular complexity index is 126. The third-order valence-electron chi connectivity index (χ3n) is 2.96. The maximum Gasteiger partial charge on any atom is -0.0322 e. The summed E-state index contributed by atoms with van der Waals surface area (Å²) in [6.07, 6.45) is 7.91. The molecule has 9 heavy (non-hydrogen) atoms. The summed E-state index contributed by atoms with van der Waals surface area (Å²) >= 11 is 0. The zero-order valence-corrected chi connectivity index (χ0v) is 5.84. The lowest BCUT2D eigenvalue weighted by Crippen LogP contribution is -1.95. The van der Waals surface area contributed by atoms with Crippen LogP contribution >= 0.6 is 0 Å². The number of rotatable bonds is 2. The summed E-state index contributed by atoms with van der Waals surface area (Å²) in [4.78, 5) is 0. The van der Waals surface area contributed by atoms with E-state index in [9.17, 15) is 0 Å². The molecule has 0 N–H and O–H groups in total. The summed E-state index contributed by atoms with van der Waals surface area (Å²) in [7, 11) is 0. The smallest absolute Gasteiger partial charge is 0.0322 e. The van der Waals surface area contributed by atoms with Gasteiger partial charge in [-0.25, -0.2) is 0 Å². The van der Waals surface area contributed by atoms with Crippen LogP contribution in [0.25, 0.3) is 0 Å². The maximum absolute atomic E-state index is 3.78. The molecule has 0 aromatic rings. The summed E-state index contributed by atoms with van der Waals surface area (Å²) in [6.45, 7) is 3.78. The van der Waals surface area contributed by atoms with Crippen LogP contribution < -0.4 is 0 Å². The van der Waals surface area contributed by atoms with Crippen LogP contribution in [-0.4, -0.2) is 0 Å². The number of hydrogen-bond acceptors (Lipinski definition) is 0. The molecular formula is C9H14. The average molecular weight is 122 g/mol. The van der Waals surface area contributed by atoms with Gasteiger partial charge in [0.2, 0.25) is 0 Å². The molecule has 50 valence electrons. The van der Waals surface area contributed by atoms with Crippen molar-refractivity contribution in [1.82, 2.24) is 0 Å². The average Bonchev–Trinajstić information content (AvgIpc) is 2.54. The second-order valence-corrected chi connectivity index (χ2v) is 3.52. The highest BCUT2D eigenvalue weighted by Gasteiger charge is 2.46. The molecule has 0 radical (unpaired) electrons. The molecule has 0 bridgehead atoms. The van der Waals surface area contributed by atoms with Crippen LogP contribution in [0.1, 0.15) is 25.7 Å². The van der Waals surface area contributed by atoms with Crippen molar-refractivity contribution in [3.8, 4) is 0 Å². The fourth-order valence-electron chi connectivity index (χ4n) is 2.33. The van der Waals surface area contributed by atoms with Crippen molar-refractivity contribution >= 4 is 0 Å². The quantitative estimate of drug-likeness (QED) is 0.494. The zero-order valence-electron chi connectivity index (χ0n) is 5.84. The van der Waals surface area contributed by atoms with Gasteiger partial charge in [0.1, 0.15) is 0 Å².